The molecule has 1 heterocycles. The van der Waals surface area contributed by atoms with Crippen LogP contribution in [0.25, 0.3) is 0 Å². The van der Waals surface area contributed by atoms with Gasteiger partial charge in [0.05, 0.1) is 6.42 Å². The second-order valence-electron chi connectivity index (χ2n) is 11.0. The Balaban J connectivity index is 1.10. The normalized spacial score (nSPS) is 11.6. The second-order valence-corrected chi connectivity index (χ2v) is 11.0. The molecule has 0 saturated heterocycles. The van der Waals surface area contributed by atoms with E-state index in [9.17, 15) is 9.90 Å². The van der Waals surface area contributed by atoms with Gasteiger partial charge >= 0.3 is 0 Å². The SMILES string of the molecule is O=C(Cc1cccnc1)Nc1ccc(CCN(Cc2ccccc2)C[C@H](O)COc2ccc(OCc3ccccc3)cc2)cc1. The van der Waals surface area contributed by atoms with E-state index in [0.29, 0.717) is 25.4 Å². The van der Waals surface area contributed by atoms with Gasteiger partial charge in [-0.2, -0.15) is 0 Å². The summed E-state index contributed by atoms with van der Waals surface area (Å²) in [5, 5.41) is 13.9. The molecule has 0 radical (unpaired) electrons. The number of aromatic nitrogens is 1. The number of aliphatic hydroxyl groups excluding tert-OH is 1. The summed E-state index contributed by atoms with van der Waals surface area (Å²) < 4.78 is 11.8. The molecular formula is C38H39N3O4. The maximum Gasteiger partial charge on any atom is 0.228 e. The van der Waals surface area contributed by atoms with Crippen LogP contribution in [0.3, 0.4) is 0 Å². The Morgan fingerprint density at radius 1 is 0.733 bits per heavy atom. The van der Waals surface area contributed by atoms with E-state index in [1.54, 1.807) is 12.4 Å². The van der Waals surface area contributed by atoms with Crippen molar-refractivity contribution in [1.82, 2.24) is 9.88 Å². The van der Waals surface area contributed by atoms with Crippen LogP contribution >= 0.6 is 0 Å². The second kappa shape index (κ2) is 16.8. The van der Waals surface area contributed by atoms with Crippen molar-refractivity contribution in [1.29, 1.82) is 0 Å². The molecule has 1 amide bonds. The lowest BCUT2D eigenvalue weighted by molar-refractivity contribution is -0.115. The first kappa shape index (κ1) is 31.4. The zero-order chi connectivity index (χ0) is 31.1. The number of ether oxygens (including phenoxy) is 2. The van der Waals surface area contributed by atoms with Crippen molar-refractivity contribution in [2.24, 2.45) is 0 Å². The van der Waals surface area contributed by atoms with Gasteiger partial charge in [-0.1, -0.05) is 78.9 Å². The standard InChI is InChI=1S/C38H39N3O4/c42-35(29-45-37-19-17-36(18-20-37)44-28-32-10-5-2-6-11-32)27-41(26-31-8-3-1-4-9-31)23-21-30-13-15-34(16-14-30)40-38(43)24-33-12-7-22-39-25-33/h1-20,22,25,35,42H,21,23-24,26-29H2,(H,40,43)/t35-/m0/s1. The Morgan fingerprint density at radius 3 is 2.04 bits per heavy atom. The van der Waals surface area contributed by atoms with Crippen LogP contribution < -0.4 is 14.8 Å². The largest absolute Gasteiger partial charge is 0.491 e. The van der Waals surface area contributed by atoms with Gasteiger partial charge in [-0.25, -0.2) is 0 Å². The van der Waals surface area contributed by atoms with Crippen LogP contribution in [0.5, 0.6) is 11.5 Å². The van der Waals surface area contributed by atoms with Gasteiger partial charge in [0.15, 0.2) is 0 Å². The molecule has 7 nitrogen and oxygen atoms in total. The van der Waals surface area contributed by atoms with Crippen LogP contribution in [0.15, 0.2) is 134 Å². The molecule has 5 rings (SSSR count). The number of nitrogens with zero attached hydrogens (tertiary/aromatic N) is 2. The molecule has 0 aliphatic carbocycles. The van der Waals surface area contributed by atoms with Gasteiger partial charge in [0.25, 0.3) is 0 Å². The summed E-state index contributed by atoms with van der Waals surface area (Å²) in [5.74, 6) is 1.37. The van der Waals surface area contributed by atoms with Crippen molar-refractivity contribution in [3.8, 4) is 11.5 Å². The molecule has 45 heavy (non-hydrogen) atoms. The van der Waals surface area contributed by atoms with Gasteiger partial charge in [-0.15, -0.1) is 0 Å². The number of nitrogens with one attached hydrogen (secondary N) is 1. The maximum atomic E-state index is 12.4. The van der Waals surface area contributed by atoms with Crippen molar-refractivity contribution in [3.63, 3.8) is 0 Å². The number of amides is 1. The average Bonchev–Trinajstić information content (AvgIpc) is 3.08. The van der Waals surface area contributed by atoms with Crippen LogP contribution in [-0.2, 0) is 30.8 Å². The van der Waals surface area contributed by atoms with Gasteiger partial charge in [0.2, 0.25) is 5.91 Å². The van der Waals surface area contributed by atoms with E-state index in [1.807, 2.05) is 109 Å². The number of pyridine rings is 1. The third-order valence-corrected chi connectivity index (χ3v) is 7.27. The quantitative estimate of drug-likeness (QED) is 0.138. The van der Waals surface area contributed by atoms with E-state index in [-0.39, 0.29) is 18.9 Å². The monoisotopic (exact) mass is 601 g/mol. The average molecular weight is 602 g/mol. The zero-order valence-electron chi connectivity index (χ0n) is 25.3. The first-order valence-corrected chi connectivity index (χ1v) is 15.2. The summed E-state index contributed by atoms with van der Waals surface area (Å²) in [7, 11) is 0. The van der Waals surface area contributed by atoms with E-state index in [1.165, 1.54) is 5.56 Å². The number of carbonyl (C=O) groups is 1. The summed E-state index contributed by atoms with van der Waals surface area (Å²) in [4.78, 5) is 18.7. The number of hydrogen-bond donors (Lipinski definition) is 2. The highest BCUT2D eigenvalue weighted by atomic mass is 16.5. The molecule has 2 N–H and O–H groups in total. The summed E-state index contributed by atoms with van der Waals surface area (Å²) >= 11 is 0. The lowest BCUT2D eigenvalue weighted by Crippen LogP contribution is -2.36. The molecule has 0 fully saturated rings. The highest BCUT2D eigenvalue weighted by Gasteiger charge is 2.14. The Kier molecular flexibility index (Phi) is 11.7. The molecule has 230 valence electrons. The zero-order valence-corrected chi connectivity index (χ0v) is 25.3. The maximum absolute atomic E-state index is 12.4. The van der Waals surface area contributed by atoms with Gasteiger partial charge in [0.1, 0.15) is 30.8 Å². The number of carbonyl (C=O) groups excluding carboxylic acids is 1. The third-order valence-electron chi connectivity index (χ3n) is 7.27. The van der Waals surface area contributed by atoms with Crippen molar-refractivity contribution in [2.45, 2.75) is 32.1 Å². The fourth-order valence-electron chi connectivity index (χ4n) is 4.93. The van der Waals surface area contributed by atoms with E-state index in [0.717, 1.165) is 41.1 Å². The summed E-state index contributed by atoms with van der Waals surface area (Å²) in [6.45, 7) is 2.63. The number of rotatable bonds is 16. The van der Waals surface area contributed by atoms with Crippen LogP contribution in [0.1, 0.15) is 22.3 Å². The molecule has 0 spiro atoms. The minimum Gasteiger partial charge on any atom is -0.491 e. The molecule has 5 aromatic rings. The molecule has 0 saturated carbocycles. The first-order chi connectivity index (χ1) is 22.1. The van der Waals surface area contributed by atoms with Crippen molar-refractivity contribution in [2.75, 3.05) is 25.0 Å². The fourth-order valence-corrected chi connectivity index (χ4v) is 4.93. The summed E-state index contributed by atoms with van der Waals surface area (Å²) in [6.07, 6.45) is 3.81. The van der Waals surface area contributed by atoms with E-state index >= 15 is 0 Å². The first-order valence-electron chi connectivity index (χ1n) is 15.2. The smallest absolute Gasteiger partial charge is 0.228 e. The molecule has 4 aromatic carbocycles. The van der Waals surface area contributed by atoms with Gasteiger partial charge < -0.3 is 19.9 Å². The van der Waals surface area contributed by atoms with Crippen LogP contribution in [0, 0.1) is 0 Å². The Hall–Kier alpha value is -4.98. The minimum absolute atomic E-state index is 0.0756. The molecule has 1 aromatic heterocycles. The molecule has 0 unspecified atom stereocenters. The predicted octanol–water partition coefficient (Wildman–Crippen LogP) is 6.33. The number of hydrogen-bond acceptors (Lipinski definition) is 6. The van der Waals surface area contributed by atoms with E-state index in [2.05, 4.69) is 27.3 Å². The Bertz CT molecular complexity index is 1570. The van der Waals surface area contributed by atoms with E-state index in [4.69, 9.17) is 9.47 Å². The lowest BCUT2D eigenvalue weighted by Gasteiger charge is -2.25. The molecule has 7 heteroatoms. The van der Waals surface area contributed by atoms with Crippen LogP contribution in [0.2, 0.25) is 0 Å². The summed E-state index contributed by atoms with van der Waals surface area (Å²) in [6, 6.07) is 39.4. The summed E-state index contributed by atoms with van der Waals surface area (Å²) in [5.41, 5.74) is 5.08. The third kappa shape index (κ3) is 10.9. The van der Waals surface area contributed by atoms with Crippen LogP contribution in [-0.4, -0.2) is 46.7 Å². The van der Waals surface area contributed by atoms with Crippen molar-refractivity contribution in [3.05, 3.63) is 156 Å². The van der Waals surface area contributed by atoms with Crippen molar-refractivity contribution >= 4 is 11.6 Å². The van der Waals surface area contributed by atoms with Crippen molar-refractivity contribution < 1.29 is 19.4 Å². The Labute approximate surface area is 265 Å². The number of benzene rings is 4. The molecule has 0 aliphatic rings. The molecule has 0 aliphatic heterocycles. The van der Waals surface area contributed by atoms with Gasteiger partial charge in [0, 0.05) is 37.7 Å². The fraction of sp³-hybridized carbons (Fsp3) is 0.211. The number of anilines is 1. The van der Waals surface area contributed by atoms with Crippen LogP contribution in [0.4, 0.5) is 5.69 Å². The van der Waals surface area contributed by atoms with Gasteiger partial charge in [-0.05, 0) is 71.1 Å². The topological polar surface area (TPSA) is 83.9 Å². The lowest BCUT2D eigenvalue weighted by atomic mass is 10.1. The number of aliphatic hydroxyl groups is 1. The molecule has 1 atom stereocenters. The molecular weight excluding hydrogens is 562 g/mol. The highest BCUT2D eigenvalue weighted by Crippen LogP contribution is 2.19. The minimum atomic E-state index is -0.667. The molecule has 0 bridgehead atoms. The predicted molar refractivity (Wildman–Crippen MR) is 177 cm³/mol. The highest BCUT2D eigenvalue weighted by molar-refractivity contribution is 5.92. The van der Waals surface area contributed by atoms with E-state index < -0.39 is 6.10 Å². The van der Waals surface area contributed by atoms with Gasteiger partial charge in [-0.3, -0.25) is 14.7 Å². The Morgan fingerprint density at radius 2 is 1.38 bits per heavy atom.